The Hall–Kier alpha value is -2.64. The van der Waals surface area contributed by atoms with Crippen LogP contribution in [0.3, 0.4) is 0 Å². The molecule has 0 aliphatic heterocycles. The molecule has 0 radical (unpaired) electrons. The van der Waals surface area contributed by atoms with Crippen LogP contribution >= 0.6 is 0 Å². The van der Waals surface area contributed by atoms with E-state index in [1.807, 2.05) is 19.1 Å². The van der Waals surface area contributed by atoms with Gasteiger partial charge in [-0.1, -0.05) is 42.0 Å². The molecule has 2 aromatic rings. The fraction of sp³-hybridized carbons (Fsp3) is 0.118. The van der Waals surface area contributed by atoms with E-state index in [-0.39, 0.29) is 21.8 Å². The molecule has 1 aliphatic rings. The van der Waals surface area contributed by atoms with E-state index in [1.165, 1.54) is 12.1 Å². The van der Waals surface area contributed by atoms with E-state index in [0.29, 0.717) is 5.69 Å². The topological polar surface area (TPSA) is 96.2 Å². The van der Waals surface area contributed by atoms with Crippen molar-refractivity contribution in [3.63, 3.8) is 0 Å². The molecular weight excluding hydrogens is 328 g/mol. The van der Waals surface area contributed by atoms with Gasteiger partial charge >= 0.3 is 0 Å². The Kier molecular flexibility index (Phi) is 4.13. The summed E-state index contributed by atoms with van der Waals surface area (Å²) >= 11 is 0. The van der Waals surface area contributed by atoms with Crippen LogP contribution < -0.4 is 0 Å². The van der Waals surface area contributed by atoms with Crippen molar-refractivity contribution in [3.8, 4) is 0 Å². The molecular formula is C17H14N2O4S. The third-order valence-corrected chi connectivity index (χ3v) is 4.56. The zero-order chi connectivity index (χ0) is 17.3. The van der Waals surface area contributed by atoms with Crippen molar-refractivity contribution < 1.29 is 17.8 Å². The monoisotopic (exact) mass is 342 g/mol. The molecule has 0 heterocycles. The van der Waals surface area contributed by atoms with Gasteiger partial charge < -0.3 is 0 Å². The van der Waals surface area contributed by atoms with Crippen molar-refractivity contribution in [2.45, 2.75) is 13.0 Å². The van der Waals surface area contributed by atoms with Gasteiger partial charge in [-0.15, -0.1) is 0 Å². The first-order chi connectivity index (χ1) is 11.4. The van der Waals surface area contributed by atoms with Gasteiger partial charge in [-0.25, -0.2) is 0 Å². The van der Waals surface area contributed by atoms with Crippen LogP contribution in [-0.2, 0) is 10.1 Å². The number of carbonyl (C=O) groups is 1. The molecule has 3 rings (SSSR count). The highest BCUT2D eigenvalue weighted by atomic mass is 32.2. The van der Waals surface area contributed by atoms with Crippen LogP contribution in [0.4, 0.5) is 5.69 Å². The van der Waals surface area contributed by atoms with Crippen LogP contribution in [-0.4, -0.2) is 24.8 Å². The molecule has 1 aliphatic carbocycles. The number of carbonyl (C=O) groups excluding carboxylic acids is 1. The lowest BCUT2D eigenvalue weighted by atomic mass is 9.93. The molecule has 1 atom stereocenters. The molecule has 0 saturated carbocycles. The highest BCUT2D eigenvalue weighted by molar-refractivity contribution is 7.95. The normalized spacial score (nSPS) is 17.7. The molecule has 24 heavy (non-hydrogen) atoms. The SMILES string of the molecule is Cc1ccc(/N=N/C2C=C(S(=O)(=O)O)c3ccccc3C2=O)cc1. The third kappa shape index (κ3) is 3.17. The highest BCUT2D eigenvalue weighted by Crippen LogP contribution is 2.31. The molecule has 1 unspecified atom stereocenters. The molecule has 122 valence electrons. The van der Waals surface area contributed by atoms with Gasteiger partial charge in [0.25, 0.3) is 10.1 Å². The summed E-state index contributed by atoms with van der Waals surface area (Å²) in [6.45, 7) is 1.93. The van der Waals surface area contributed by atoms with Gasteiger partial charge in [0.1, 0.15) is 4.91 Å². The Morgan fingerprint density at radius 1 is 1.00 bits per heavy atom. The zero-order valence-electron chi connectivity index (χ0n) is 12.7. The van der Waals surface area contributed by atoms with E-state index < -0.39 is 16.2 Å². The number of ketones is 1. The summed E-state index contributed by atoms with van der Waals surface area (Å²) in [6.07, 6.45) is 1.12. The Morgan fingerprint density at radius 2 is 1.62 bits per heavy atom. The summed E-state index contributed by atoms with van der Waals surface area (Å²) in [4.78, 5) is 12.2. The van der Waals surface area contributed by atoms with Gasteiger partial charge in [0.05, 0.1) is 5.69 Å². The summed E-state index contributed by atoms with van der Waals surface area (Å²) in [7, 11) is -4.48. The summed E-state index contributed by atoms with van der Waals surface area (Å²) < 4.78 is 32.7. The first-order valence-corrected chi connectivity index (χ1v) is 8.61. The average Bonchev–Trinajstić information content (AvgIpc) is 2.55. The molecule has 7 heteroatoms. The molecule has 0 bridgehead atoms. The minimum Gasteiger partial charge on any atom is -0.291 e. The molecule has 0 spiro atoms. The highest BCUT2D eigenvalue weighted by Gasteiger charge is 2.32. The molecule has 6 nitrogen and oxygen atoms in total. The van der Waals surface area contributed by atoms with Crippen molar-refractivity contribution in [2.75, 3.05) is 0 Å². The number of benzene rings is 2. The molecule has 0 fully saturated rings. The first kappa shape index (κ1) is 16.2. The summed E-state index contributed by atoms with van der Waals surface area (Å²) in [5.41, 5.74) is 1.98. The number of nitrogens with zero attached hydrogens (tertiary/aromatic N) is 2. The minimum atomic E-state index is -4.48. The van der Waals surface area contributed by atoms with Crippen LogP contribution in [0.1, 0.15) is 21.5 Å². The second-order valence-electron chi connectivity index (χ2n) is 5.41. The van der Waals surface area contributed by atoms with E-state index >= 15 is 0 Å². The standard InChI is InChI=1S/C17H14N2O4S/c1-11-6-8-12(9-7-11)18-19-15-10-16(24(21,22)23)13-4-2-3-5-14(13)17(15)20/h2-10,15H,1H3,(H,21,22,23)/b19-18+. The van der Waals surface area contributed by atoms with Gasteiger partial charge in [0.15, 0.2) is 11.8 Å². The molecule has 0 aromatic heterocycles. The largest absolute Gasteiger partial charge is 0.294 e. The second-order valence-corrected chi connectivity index (χ2v) is 6.80. The number of azo groups is 1. The predicted octanol–water partition coefficient (Wildman–Crippen LogP) is 3.57. The van der Waals surface area contributed by atoms with Crippen molar-refractivity contribution in [1.29, 1.82) is 0 Å². The Balaban J connectivity index is 2.03. The number of rotatable bonds is 3. The molecule has 1 N–H and O–H groups in total. The lowest BCUT2D eigenvalue weighted by Gasteiger charge is -2.18. The number of hydrogen-bond donors (Lipinski definition) is 1. The molecule has 0 saturated heterocycles. The number of Topliss-reactive ketones (excluding diaryl/α,β-unsaturated/α-hetero) is 1. The smallest absolute Gasteiger partial charge is 0.291 e. The van der Waals surface area contributed by atoms with Crippen molar-refractivity contribution >= 4 is 26.5 Å². The summed E-state index contributed by atoms with van der Waals surface area (Å²) in [6, 6.07) is 12.3. The maximum Gasteiger partial charge on any atom is 0.294 e. The van der Waals surface area contributed by atoms with Crippen LogP contribution in [0.25, 0.3) is 4.91 Å². The van der Waals surface area contributed by atoms with E-state index in [4.69, 9.17) is 0 Å². The number of aryl methyl sites for hydroxylation is 1. The van der Waals surface area contributed by atoms with Crippen molar-refractivity contribution in [2.24, 2.45) is 10.2 Å². The Labute approximate surface area is 139 Å². The van der Waals surface area contributed by atoms with E-state index in [0.717, 1.165) is 11.6 Å². The fourth-order valence-electron chi connectivity index (χ4n) is 2.43. The van der Waals surface area contributed by atoms with Gasteiger partial charge in [-0.2, -0.15) is 18.6 Å². The average molecular weight is 342 g/mol. The van der Waals surface area contributed by atoms with Gasteiger partial charge in [0.2, 0.25) is 0 Å². The van der Waals surface area contributed by atoms with Crippen LogP contribution in [0.2, 0.25) is 0 Å². The second kappa shape index (κ2) is 6.10. The maximum absolute atomic E-state index is 12.5. The Bertz CT molecular complexity index is 960. The van der Waals surface area contributed by atoms with Crippen LogP contribution in [0.15, 0.2) is 64.8 Å². The van der Waals surface area contributed by atoms with Gasteiger partial charge in [-0.05, 0) is 25.1 Å². The summed E-state index contributed by atoms with van der Waals surface area (Å²) in [5, 5.41) is 7.94. The van der Waals surface area contributed by atoms with E-state index in [2.05, 4.69) is 10.2 Å². The van der Waals surface area contributed by atoms with Gasteiger partial charge in [-0.3, -0.25) is 9.35 Å². The lowest BCUT2D eigenvalue weighted by Crippen LogP contribution is -2.24. The third-order valence-electron chi connectivity index (χ3n) is 3.65. The molecule has 2 aromatic carbocycles. The minimum absolute atomic E-state index is 0.173. The first-order valence-electron chi connectivity index (χ1n) is 7.17. The van der Waals surface area contributed by atoms with Crippen LogP contribution in [0, 0.1) is 6.92 Å². The maximum atomic E-state index is 12.5. The quantitative estimate of drug-likeness (QED) is 0.681. The fourth-order valence-corrected chi connectivity index (χ4v) is 3.19. The van der Waals surface area contributed by atoms with Gasteiger partial charge in [0, 0.05) is 11.1 Å². The van der Waals surface area contributed by atoms with E-state index in [1.54, 1.807) is 24.3 Å². The van der Waals surface area contributed by atoms with E-state index in [9.17, 15) is 17.8 Å². The zero-order valence-corrected chi connectivity index (χ0v) is 13.6. The molecule has 0 amide bonds. The number of fused-ring (bicyclic) bond motifs is 1. The van der Waals surface area contributed by atoms with Crippen molar-refractivity contribution in [1.82, 2.24) is 0 Å². The lowest BCUT2D eigenvalue weighted by molar-refractivity contribution is 0.0975. The van der Waals surface area contributed by atoms with Crippen molar-refractivity contribution in [3.05, 3.63) is 71.3 Å². The number of hydrogen-bond acceptors (Lipinski definition) is 5. The Morgan fingerprint density at radius 3 is 2.25 bits per heavy atom. The van der Waals surface area contributed by atoms with Crippen LogP contribution in [0.5, 0.6) is 0 Å². The summed E-state index contributed by atoms with van der Waals surface area (Å²) in [5.74, 6) is -0.367. The predicted molar refractivity (Wildman–Crippen MR) is 89.8 cm³/mol.